The Bertz CT molecular complexity index is 1200. The third kappa shape index (κ3) is 4.79. The second-order valence-electron chi connectivity index (χ2n) is 9.01. The molecule has 2 heterocycles. The van der Waals surface area contributed by atoms with Gasteiger partial charge in [0.25, 0.3) is 0 Å². The molecule has 2 atom stereocenters. The molecule has 9 heteroatoms. The van der Waals surface area contributed by atoms with Gasteiger partial charge in [-0.25, -0.2) is 12.8 Å². The van der Waals surface area contributed by atoms with Gasteiger partial charge >= 0.3 is 0 Å². The van der Waals surface area contributed by atoms with Crippen molar-refractivity contribution in [2.24, 2.45) is 0 Å². The van der Waals surface area contributed by atoms with Crippen molar-refractivity contribution >= 4 is 21.6 Å². The van der Waals surface area contributed by atoms with Crippen molar-refractivity contribution in [3.63, 3.8) is 0 Å². The summed E-state index contributed by atoms with van der Waals surface area (Å²) in [5.41, 5.74) is 2.19. The van der Waals surface area contributed by atoms with Gasteiger partial charge in [-0.15, -0.1) is 0 Å². The normalized spacial score (nSPS) is 22.9. The van der Waals surface area contributed by atoms with Gasteiger partial charge in [-0.3, -0.25) is 4.79 Å². The summed E-state index contributed by atoms with van der Waals surface area (Å²) in [4.78, 5) is 15.3. The minimum atomic E-state index is -3.71. The van der Waals surface area contributed by atoms with Crippen LogP contribution in [-0.4, -0.2) is 55.8 Å². The maximum atomic E-state index is 15.1. The van der Waals surface area contributed by atoms with Crippen molar-refractivity contribution in [3.8, 4) is 6.07 Å². The van der Waals surface area contributed by atoms with Gasteiger partial charge in [0.15, 0.2) is 0 Å². The molecule has 2 saturated heterocycles. The Labute approximate surface area is 200 Å². The number of nitrogens with zero attached hydrogens (tertiary/aromatic N) is 4. The van der Waals surface area contributed by atoms with Crippen LogP contribution in [0.15, 0.2) is 42.5 Å². The van der Waals surface area contributed by atoms with Crippen molar-refractivity contribution in [1.82, 2.24) is 9.21 Å². The van der Waals surface area contributed by atoms with E-state index in [0.29, 0.717) is 55.7 Å². The summed E-state index contributed by atoms with van der Waals surface area (Å²) in [5.74, 6) is -0.397. The zero-order chi connectivity index (χ0) is 24.5. The first-order valence-corrected chi connectivity index (χ1v) is 13.0. The highest BCUT2D eigenvalue weighted by Crippen LogP contribution is 2.38. The number of rotatable bonds is 4. The van der Waals surface area contributed by atoms with Gasteiger partial charge in [-0.2, -0.15) is 9.57 Å². The predicted molar refractivity (Wildman–Crippen MR) is 128 cm³/mol. The monoisotopic (exact) mass is 484 g/mol. The van der Waals surface area contributed by atoms with E-state index in [4.69, 9.17) is 5.26 Å². The molecule has 0 unspecified atom stereocenters. The number of carbonyl (C=O) groups excluding carboxylic acids is 1. The number of halogens is 1. The molecule has 2 aliphatic rings. The Kier molecular flexibility index (Phi) is 6.91. The minimum Gasteiger partial charge on any atom is -0.368 e. The Balaban J connectivity index is 1.51. The molecule has 0 spiro atoms. The van der Waals surface area contributed by atoms with Gasteiger partial charge in [-0.1, -0.05) is 18.2 Å². The summed E-state index contributed by atoms with van der Waals surface area (Å²) in [6, 6.07) is 13.4. The highest BCUT2D eigenvalue weighted by atomic mass is 32.2. The van der Waals surface area contributed by atoms with E-state index in [-0.39, 0.29) is 18.5 Å². The molecule has 2 aromatic carbocycles. The van der Waals surface area contributed by atoms with Crippen molar-refractivity contribution in [1.29, 1.82) is 5.26 Å². The molecule has 2 fully saturated rings. The van der Waals surface area contributed by atoms with Crippen molar-refractivity contribution < 1.29 is 17.6 Å². The van der Waals surface area contributed by atoms with E-state index in [0.717, 1.165) is 5.69 Å². The van der Waals surface area contributed by atoms with Crippen molar-refractivity contribution in [2.75, 3.05) is 31.1 Å². The number of amides is 1. The second kappa shape index (κ2) is 9.72. The zero-order valence-electron chi connectivity index (χ0n) is 19.4. The standard InChI is InChI=1S/C25H29FN4O3S/c1-18-3-10-25(21-6-4-20(16-27)5-7-21)34(32,33)30(18)17-22-8-9-23(15-24(22)26)29-13-11-28(12-14-29)19(2)31/h4-9,15,18,25H,3,10-14,17H2,1-2H3/t18-,25+/m0/s1. The Morgan fingerprint density at radius 2 is 1.76 bits per heavy atom. The Morgan fingerprint density at radius 1 is 1.09 bits per heavy atom. The molecule has 0 aliphatic carbocycles. The maximum absolute atomic E-state index is 15.1. The van der Waals surface area contributed by atoms with Crippen LogP contribution in [0.4, 0.5) is 10.1 Å². The predicted octanol–water partition coefficient (Wildman–Crippen LogP) is 3.42. The van der Waals surface area contributed by atoms with Crippen LogP contribution in [-0.2, 0) is 21.4 Å². The highest BCUT2D eigenvalue weighted by Gasteiger charge is 2.40. The topological polar surface area (TPSA) is 84.7 Å². The van der Waals surface area contributed by atoms with Crippen LogP contribution in [0.5, 0.6) is 0 Å². The summed E-state index contributed by atoms with van der Waals surface area (Å²) in [5, 5.41) is 8.30. The van der Waals surface area contributed by atoms with Crippen LogP contribution in [0.2, 0.25) is 0 Å². The average molecular weight is 485 g/mol. The lowest BCUT2D eigenvalue weighted by molar-refractivity contribution is -0.129. The first-order valence-electron chi connectivity index (χ1n) is 11.5. The third-order valence-electron chi connectivity index (χ3n) is 6.89. The molecule has 0 aromatic heterocycles. The van der Waals surface area contributed by atoms with Crippen LogP contribution in [0.1, 0.15) is 48.6 Å². The molecule has 4 rings (SSSR count). The van der Waals surface area contributed by atoms with Crippen LogP contribution >= 0.6 is 0 Å². The van der Waals surface area contributed by atoms with E-state index in [1.807, 2.05) is 24.0 Å². The SMILES string of the molecule is CC(=O)N1CCN(c2ccc(CN3[C@@H](C)CC[C@H](c4ccc(C#N)cc4)S3(=O)=O)c(F)c2)CC1. The molecule has 0 bridgehead atoms. The summed E-state index contributed by atoms with van der Waals surface area (Å²) in [6.07, 6.45) is 1.16. The molecule has 2 aliphatic heterocycles. The number of carbonyl (C=O) groups is 1. The molecule has 34 heavy (non-hydrogen) atoms. The molecule has 1 amide bonds. The van der Waals surface area contributed by atoms with E-state index in [2.05, 4.69) is 0 Å². The van der Waals surface area contributed by atoms with Gasteiger partial charge in [0, 0.05) is 56.9 Å². The fourth-order valence-corrected chi connectivity index (χ4v) is 6.95. The number of hydrogen-bond donors (Lipinski definition) is 0. The molecule has 0 saturated carbocycles. The van der Waals surface area contributed by atoms with E-state index >= 15 is 4.39 Å². The lowest BCUT2D eigenvalue weighted by Crippen LogP contribution is -2.48. The first-order chi connectivity index (χ1) is 16.2. The van der Waals surface area contributed by atoms with E-state index < -0.39 is 21.1 Å². The maximum Gasteiger partial charge on any atom is 0.221 e. The van der Waals surface area contributed by atoms with Gasteiger partial charge < -0.3 is 9.80 Å². The number of anilines is 1. The van der Waals surface area contributed by atoms with E-state index in [9.17, 15) is 13.2 Å². The quantitative estimate of drug-likeness (QED) is 0.664. The van der Waals surface area contributed by atoms with Crippen LogP contribution in [0.25, 0.3) is 0 Å². The van der Waals surface area contributed by atoms with Gasteiger partial charge in [-0.05, 0) is 49.6 Å². The average Bonchev–Trinajstić information content (AvgIpc) is 2.82. The lowest BCUT2D eigenvalue weighted by atomic mass is 10.0. The van der Waals surface area contributed by atoms with Gasteiger partial charge in [0.05, 0.1) is 11.6 Å². The summed E-state index contributed by atoms with van der Waals surface area (Å²) < 4.78 is 43.5. The van der Waals surface area contributed by atoms with Gasteiger partial charge in [0.1, 0.15) is 11.1 Å². The van der Waals surface area contributed by atoms with Crippen molar-refractivity contribution in [2.45, 2.75) is 44.5 Å². The molecular formula is C25H29FN4O3S. The third-order valence-corrected chi connectivity index (χ3v) is 9.26. The lowest BCUT2D eigenvalue weighted by Gasteiger charge is -2.38. The Morgan fingerprint density at radius 3 is 2.35 bits per heavy atom. The van der Waals surface area contributed by atoms with Crippen LogP contribution in [0.3, 0.4) is 0 Å². The number of piperazine rings is 1. The minimum absolute atomic E-state index is 0.0273. The van der Waals surface area contributed by atoms with Crippen molar-refractivity contribution in [3.05, 3.63) is 65.0 Å². The molecule has 7 nitrogen and oxygen atoms in total. The van der Waals surface area contributed by atoms with Crippen LogP contribution < -0.4 is 4.90 Å². The molecule has 2 aromatic rings. The smallest absolute Gasteiger partial charge is 0.221 e. The summed E-state index contributed by atoms with van der Waals surface area (Å²) >= 11 is 0. The number of benzene rings is 2. The Hall–Kier alpha value is -2.96. The number of nitriles is 1. The molecule has 0 radical (unpaired) electrons. The van der Waals surface area contributed by atoms with E-state index in [1.165, 1.54) is 10.4 Å². The van der Waals surface area contributed by atoms with Gasteiger partial charge in [0.2, 0.25) is 15.9 Å². The molecular weight excluding hydrogens is 455 g/mol. The summed E-state index contributed by atoms with van der Waals surface area (Å²) in [6.45, 7) is 5.82. The first kappa shape index (κ1) is 24.2. The molecule has 180 valence electrons. The van der Waals surface area contributed by atoms with Crippen LogP contribution in [0, 0.1) is 17.1 Å². The second-order valence-corrected chi connectivity index (χ2v) is 11.1. The highest BCUT2D eigenvalue weighted by molar-refractivity contribution is 7.89. The number of hydrogen-bond acceptors (Lipinski definition) is 5. The fourth-order valence-electron chi connectivity index (χ4n) is 4.77. The fraction of sp³-hybridized carbons (Fsp3) is 0.440. The largest absolute Gasteiger partial charge is 0.368 e. The van der Waals surface area contributed by atoms with E-state index in [1.54, 1.807) is 42.2 Å². The zero-order valence-corrected chi connectivity index (χ0v) is 20.3. The number of sulfonamides is 1. The summed E-state index contributed by atoms with van der Waals surface area (Å²) in [7, 11) is -3.71. The molecule has 0 N–H and O–H groups in total.